The lowest BCUT2D eigenvalue weighted by Crippen LogP contribution is -2.66. The number of hydrogen-bond acceptors (Lipinski definition) is 2. The Hall–Kier alpha value is -0.0800. The van der Waals surface area contributed by atoms with E-state index >= 15 is 0 Å². The monoisotopic (exact) mass is 240 g/mol. The Bertz CT molecular complexity index is 207. The lowest BCUT2D eigenvalue weighted by Gasteiger charge is -2.53. The fraction of sp³-hybridized carbons (Fsp3) is 1.00. The van der Waals surface area contributed by atoms with Crippen LogP contribution in [-0.2, 0) is 0 Å². The zero-order valence-electron chi connectivity index (χ0n) is 12.6. The summed E-state index contributed by atoms with van der Waals surface area (Å²) in [5.41, 5.74) is 0.405. The molecule has 0 aliphatic carbocycles. The van der Waals surface area contributed by atoms with Crippen LogP contribution in [0.2, 0.25) is 0 Å². The van der Waals surface area contributed by atoms with Gasteiger partial charge in [0.05, 0.1) is 0 Å². The molecule has 0 bridgehead atoms. The van der Waals surface area contributed by atoms with Crippen LogP contribution in [0.4, 0.5) is 0 Å². The molecule has 1 rings (SSSR count). The van der Waals surface area contributed by atoms with Crippen molar-refractivity contribution in [3.8, 4) is 0 Å². The third kappa shape index (κ3) is 3.03. The molecule has 17 heavy (non-hydrogen) atoms. The minimum atomic E-state index is 0.405. The molecule has 1 aliphatic rings. The van der Waals surface area contributed by atoms with Gasteiger partial charge < -0.3 is 5.32 Å². The molecule has 1 unspecified atom stereocenters. The summed E-state index contributed by atoms with van der Waals surface area (Å²) >= 11 is 0. The Labute approximate surface area is 108 Å². The zero-order valence-corrected chi connectivity index (χ0v) is 12.6. The molecule has 2 nitrogen and oxygen atoms in total. The zero-order chi connectivity index (χ0) is 12.9. The fourth-order valence-electron chi connectivity index (χ4n) is 3.38. The van der Waals surface area contributed by atoms with Gasteiger partial charge in [-0.2, -0.15) is 0 Å². The van der Waals surface area contributed by atoms with Gasteiger partial charge in [0.15, 0.2) is 0 Å². The van der Waals surface area contributed by atoms with E-state index in [9.17, 15) is 0 Å². The van der Waals surface area contributed by atoms with Gasteiger partial charge in [0.25, 0.3) is 0 Å². The molecule has 0 saturated carbocycles. The van der Waals surface area contributed by atoms with Crippen molar-refractivity contribution in [1.29, 1.82) is 0 Å². The second-order valence-corrected chi connectivity index (χ2v) is 5.54. The lowest BCUT2D eigenvalue weighted by atomic mass is 9.84. The highest BCUT2D eigenvalue weighted by Crippen LogP contribution is 2.31. The highest BCUT2D eigenvalue weighted by atomic mass is 15.3. The fourth-order valence-corrected chi connectivity index (χ4v) is 3.38. The second-order valence-electron chi connectivity index (χ2n) is 5.54. The van der Waals surface area contributed by atoms with E-state index < -0.39 is 0 Å². The van der Waals surface area contributed by atoms with Crippen molar-refractivity contribution in [2.45, 2.75) is 84.3 Å². The minimum Gasteiger partial charge on any atom is -0.311 e. The van der Waals surface area contributed by atoms with Crippen LogP contribution in [0.3, 0.4) is 0 Å². The predicted octanol–water partition coefficient (Wildman–Crippen LogP) is 3.42. The van der Waals surface area contributed by atoms with Gasteiger partial charge in [0.2, 0.25) is 0 Å². The van der Waals surface area contributed by atoms with E-state index in [4.69, 9.17) is 0 Å². The summed E-state index contributed by atoms with van der Waals surface area (Å²) in [6, 6.07) is 1.47. The largest absolute Gasteiger partial charge is 0.311 e. The molecular formula is C15H32N2. The first-order valence-electron chi connectivity index (χ1n) is 7.67. The van der Waals surface area contributed by atoms with Crippen molar-refractivity contribution in [1.82, 2.24) is 10.2 Å². The molecule has 0 radical (unpaired) electrons. The maximum Gasteiger partial charge on any atom is 0.0332 e. The van der Waals surface area contributed by atoms with Crippen LogP contribution in [0.15, 0.2) is 0 Å². The number of rotatable bonds is 6. The van der Waals surface area contributed by atoms with E-state index in [2.05, 4.69) is 44.8 Å². The summed E-state index contributed by atoms with van der Waals surface area (Å²) in [6.45, 7) is 14.1. The molecule has 1 fully saturated rings. The first kappa shape index (κ1) is 15.0. The minimum absolute atomic E-state index is 0.405. The topological polar surface area (TPSA) is 15.3 Å². The summed E-state index contributed by atoms with van der Waals surface area (Å²) < 4.78 is 0. The number of hydrogen-bond donors (Lipinski definition) is 1. The molecule has 0 aromatic rings. The van der Waals surface area contributed by atoms with E-state index in [0.717, 1.165) is 6.04 Å². The molecule has 1 aliphatic heterocycles. The van der Waals surface area contributed by atoms with Crippen LogP contribution < -0.4 is 5.32 Å². The highest BCUT2D eigenvalue weighted by molar-refractivity contribution is 4.99. The smallest absolute Gasteiger partial charge is 0.0332 e. The van der Waals surface area contributed by atoms with Gasteiger partial charge in [-0.15, -0.1) is 0 Å². The van der Waals surface area contributed by atoms with Crippen LogP contribution in [0, 0.1) is 0 Å². The standard InChI is InChI=1S/C15H32N2/c1-6-13-11-17(14(7-2)8-3)15(9-4,10-5)12-16-13/h13-14,16H,6-12H2,1-5H3. The van der Waals surface area contributed by atoms with E-state index in [0.29, 0.717) is 11.6 Å². The third-order valence-electron chi connectivity index (χ3n) is 4.94. The number of nitrogens with zero attached hydrogens (tertiary/aromatic N) is 1. The van der Waals surface area contributed by atoms with Crippen LogP contribution in [-0.4, -0.2) is 35.6 Å². The van der Waals surface area contributed by atoms with Crippen molar-refractivity contribution in [3.63, 3.8) is 0 Å². The molecule has 0 spiro atoms. The maximum atomic E-state index is 3.75. The van der Waals surface area contributed by atoms with E-state index in [1.165, 1.54) is 45.2 Å². The molecule has 1 saturated heterocycles. The van der Waals surface area contributed by atoms with Crippen molar-refractivity contribution in [2.75, 3.05) is 13.1 Å². The number of piperazine rings is 1. The highest BCUT2D eigenvalue weighted by Gasteiger charge is 2.40. The van der Waals surface area contributed by atoms with Crippen LogP contribution in [0.5, 0.6) is 0 Å². The molecule has 2 heteroatoms. The van der Waals surface area contributed by atoms with Gasteiger partial charge in [-0.3, -0.25) is 4.90 Å². The number of nitrogens with one attached hydrogen (secondary N) is 1. The Morgan fingerprint density at radius 2 is 1.71 bits per heavy atom. The summed E-state index contributed by atoms with van der Waals surface area (Å²) in [7, 11) is 0. The quantitative estimate of drug-likeness (QED) is 0.765. The molecule has 0 aromatic heterocycles. The Kier molecular flexibility index (Phi) is 5.94. The summed E-state index contributed by atoms with van der Waals surface area (Å²) in [4.78, 5) is 2.83. The van der Waals surface area contributed by atoms with Gasteiger partial charge in [0.1, 0.15) is 0 Å². The third-order valence-corrected chi connectivity index (χ3v) is 4.94. The van der Waals surface area contributed by atoms with E-state index in [-0.39, 0.29) is 0 Å². The van der Waals surface area contributed by atoms with Crippen molar-refractivity contribution >= 4 is 0 Å². The SMILES string of the molecule is CCC1CN(C(CC)CC)C(CC)(CC)CN1. The molecule has 1 atom stereocenters. The first-order chi connectivity index (χ1) is 8.17. The average Bonchev–Trinajstić information content (AvgIpc) is 2.40. The molecule has 0 aromatic carbocycles. The van der Waals surface area contributed by atoms with Gasteiger partial charge in [-0.25, -0.2) is 0 Å². The summed E-state index contributed by atoms with van der Waals surface area (Å²) in [5, 5.41) is 3.75. The lowest BCUT2D eigenvalue weighted by molar-refractivity contribution is -0.00813. The average molecular weight is 240 g/mol. The van der Waals surface area contributed by atoms with E-state index in [1.54, 1.807) is 0 Å². The molecular weight excluding hydrogens is 208 g/mol. The Morgan fingerprint density at radius 3 is 2.12 bits per heavy atom. The van der Waals surface area contributed by atoms with Crippen molar-refractivity contribution < 1.29 is 0 Å². The first-order valence-corrected chi connectivity index (χ1v) is 7.67. The van der Waals surface area contributed by atoms with Gasteiger partial charge >= 0.3 is 0 Å². The van der Waals surface area contributed by atoms with Crippen LogP contribution >= 0.6 is 0 Å². The second kappa shape index (κ2) is 6.75. The summed E-state index contributed by atoms with van der Waals surface area (Å²) in [5.74, 6) is 0. The van der Waals surface area contributed by atoms with Crippen LogP contribution in [0.1, 0.15) is 66.7 Å². The summed E-state index contributed by atoms with van der Waals surface area (Å²) in [6.07, 6.45) is 6.36. The predicted molar refractivity (Wildman–Crippen MR) is 76.5 cm³/mol. The molecule has 0 amide bonds. The van der Waals surface area contributed by atoms with Gasteiger partial charge in [0, 0.05) is 30.7 Å². The van der Waals surface area contributed by atoms with Gasteiger partial charge in [-0.1, -0.05) is 34.6 Å². The van der Waals surface area contributed by atoms with E-state index in [1.807, 2.05) is 0 Å². The van der Waals surface area contributed by atoms with Gasteiger partial charge in [-0.05, 0) is 32.1 Å². The molecule has 1 N–H and O–H groups in total. The van der Waals surface area contributed by atoms with Crippen molar-refractivity contribution in [3.05, 3.63) is 0 Å². The normalized spacial score (nSPS) is 25.4. The maximum absolute atomic E-state index is 3.75. The Morgan fingerprint density at radius 1 is 1.12 bits per heavy atom. The molecule has 102 valence electrons. The van der Waals surface area contributed by atoms with Crippen LogP contribution in [0.25, 0.3) is 0 Å². The van der Waals surface area contributed by atoms with Crippen molar-refractivity contribution in [2.24, 2.45) is 0 Å². The Balaban J connectivity index is 2.87. The molecule has 1 heterocycles.